The SMILES string of the molecule is CCOC(=O)C1=C(CN2CCO[C@H](CCC(=O)O)C2)NC(c2nccs2)=N[C@H]1c1ccccc1F. The van der Waals surface area contributed by atoms with E-state index >= 15 is 0 Å². The number of hydrogen-bond acceptors (Lipinski definition) is 9. The van der Waals surface area contributed by atoms with Gasteiger partial charge in [0.25, 0.3) is 0 Å². The minimum absolute atomic E-state index is 0.0176. The van der Waals surface area contributed by atoms with E-state index in [1.807, 2.05) is 5.38 Å². The number of amidine groups is 1. The predicted molar refractivity (Wildman–Crippen MR) is 128 cm³/mol. The molecule has 1 aromatic carbocycles. The second kappa shape index (κ2) is 11.5. The number of nitrogens with zero attached hydrogens (tertiary/aromatic N) is 3. The Balaban J connectivity index is 1.70. The van der Waals surface area contributed by atoms with Crippen molar-refractivity contribution in [3.63, 3.8) is 0 Å². The van der Waals surface area contributed by atoms with Crippen molar-refractivity contribution < 1.29 is 28.6 Å². The van der Waals surface area contributed by atoms with E-state index in [1.54, 1.807) is 31.3 Å². The molecule has 2 aromatic rings. The summed E-state index contributed by atoms with van der Waals surface area (Å²) < 4.78 is 26.0. The number of thiazole rings is 1. The van der Waals surface area contributed by atoms with Crippen LogP contribution in [0.1, 0.15) is 36.4 Å². The quantitative estimate of drug-likeness (QED) is 0.504. The first-order valence-electron chi connectivity index (χ1n) is 11.4. The van der Waals surface area contributed by atoms with E-state index in [4.69, 9.17) is 19.6 Å². The van der Waals surface area contributed by atoms with Gasteiger partial charge in [0, 0.05) is 48.9 Å². The maximum absolute atomic E-state index is 14.9. The second-order valence-electron chi connectivity index (χ2n) is 8.14. The molecule has 0 unspecified atom stereocenters. The highest BCUT2D eigenvalue weighted by Crippen LogP contribution is 2.34. The fraction of sp³-hybridized carbons (Fsp3) is 0.417. The molecule has 2 aliphatic heterocycles. The highest BCUT2D eigenvalue weighted by molar-refractivity contribution is 7.11. The monoisotopic (exact) mass is 502 g/mol. The summed E-state index contributed by atoms with van der Waals surface area (Å²) in [5.41, 5.74) is 1.06. The molecule has 2 aliphatic rings. The summed E-state index contributed by atoms with van der Waals surface area (Å²) in [7, 11) is 0. The third-order valence-electron chi connectivity index (χ3n) is 5.74. The van der Waals surface area contributed by atoms with E-state index in [0.29, 0.717) is 49.2 Å². The van der Waals surface area contributed by atoms with Crippen molar-refractivity contribution in [2.45, 2.75) is 31.9 Å². The highest BCUT2D eigenvalue weighted by Gasteiger charge is 2.35. The van der Waals surface area contributed by atoms with Gasteiger partial charge >= 0.3 is 11.9 Å². The van der Waals surface area contributed by atoms with Crippen LogP contribution in [0.3, 0.4) is 0 Å². The van der Waals surface area contributed by atoms with Crippen LogP contribution in [0.15, 0.2) is 52.1 Å². The van der Waals surface area contributed by atoms with Crippen LogP contribution in [-0.2, 0) is 19.1 Å². The van der Waals surface area contributed by atoms with Gasteiger partial charge in [0.1, 0.15) is 11.9 Å². The molecular weight excluding hydrogens is 475 g/mol. The number of carbonyl (C=O) groups is 2. The van der Waals surface area contributed by atoms with Gasteiger partial charge in [-0.25, -0.2) is 14.2 Å². The fourth-order valence-corrected chi connectivity index (χ4v) is 4.74. The summed E-state index contributed by atoms with van der Waals surface area (Å²) in [5, 5.41) is 14.7. The number of carboxylic acids is 1. The van der Waals surface area contributed by atoms with Crippen LogP contribution in [0.25, 0.3) is 0 Å². The molecule has 0 amide bonds. The number of carbonyl (C=O) groups excluding carboxylic acids is 1. The van der Waals surface area contributed by atoms with E-state index in [2.05, 4.69) is 15.2 Å². The lowest BCUT2D eigenvalue weighted by Crippen LogP contribution is -2.46. The molecule has 11 heteroatoms. The van der Waals surface area contributed by atoms with Gasteiger partial charge < -0.3 is 19.9 Å². The average Bonchev–Trinajstić information content (AvgIpc) is 3.38. The Bertz CT molecular complexity index is 1120. The van der Waals surface area contributed by atoms with E-state index in [-0.39, 0.29) is 30.3 Å². The summed E-state index contributed by atoms with van der Waals surface area (Å²) in [6, 6.07) is 5.34. The normalized spacial score (nSPS) is 20.8. The summed E-state index contributed by atoms with van der Waals surface area (Å²) in [5.74, 6) is -1.46. The molecule has 4 rings (SSSR count). The van der Waals surface area contributed by atoms with Gasteiger partial charge in [-0.05, 0) is 19.4 Å². The summed E-state index contributed by atoms with van der Waals surface area (Å²) in [4.78, 5) is 35.2. The number of morpholine rings is 1. The van der Waals surface area contributed by atoms with Crippen molar-refractivity contribution in [1.29, 1.82) is 0 Å². The number of aliphatic carboxylic acids is 1. The van der Waals surface area contributed by atoms with Crippen LogP contribution in [0.4, 0.5) is 4.39 Å². The number of nitrogens with one attached hydrogen (secondary N) is 1. The largest absolute Gasteiger partial charge is 0.481 e. The standard InChI is InChI=1S/C24H27FN4O5S/c1-2-33-24(32)20-18(14-29-10-11-34-15(13-29)7-8-19(30)31)27-22(23-26-9-12-35-23)28-21(20)16-5-3-4-6-17(16)25/h3-6,9,12,15,21H,2,7-8,10-11,13-14H2,1H3,(H,27,28)(H,30,31)/t15-,21+/m1/s1. The molecular formula is C24H27FN4O5S. The van der Waals surface area contributed by atoms with Crippen LogP contribution < -0.4 is 5.32 Å². The van der Waals surface area contributed by atoms with Crippen LogP contribution in [-0.4, -0.2) is 71.7 Å². The molecule has 186 valence electrons. The van der Waals surface area contributed by atoms with E-state index in [1.165, 1.54) is 17.4 Å². The number of benzene rings is 1. The fourth-order valence-electron chi connectivity index (χ4n) is 4.15. The summed E-state index contributed by atoms with van der Waals surface area (Å²) in [6.45, 7) is 3.75. The molecule has 35 heavy (non-hydrogen) atoms. The Morgan fingerprint density at radius 3 is 2.91 bits per heavy atom. The maximum atomic E-state index is 14.9. The van der Waals surface area contributed by atoms with Gasteiger partial charge in [0.2, 0.25) is 0 Å². The Morgan fingerprint density at radius 2 is 2.20 bits per heavy atom. The third kappa shape index (κ3) is 6.11. The van der Waals surface area contributed by atoms with E-state index in [9.17, 15) is 14.0 Å². The molecule has 9 nitrogen and oxygen atoms in total. The minimum atomic E-state index is -0.908. The van der Waals surface area contributed by atoms with Crippen molar-refractivity contribution in [3.8, 4) is 0 Å². The number of carboxylic acid groups (broad SMARTS) is 1. The van der Waals surface area contributed by atoms with E-state index in [0.717, 1.165) is 0 Å². The first-order valence-corrected chi connectivity index (χ1v) is 12.3. The molecule has 0 aliphatic carbocycles. The van der Waals surface area contributed by atoms with Crippen molar-refractivity contribution in [3.05, 3.63) is 63.5 Å². The Kier molecular flexibility index (Phi) is 8.21. The van der Waals surface area contributed by atoms with Crippen LogP contribution in [0.2, 0.25) is 0 Å². The van der Waals surface area contributed by atoms with E-state index < -0.39 is 23.8 Å². The van der Waals surface area contributed by atoms with Gasteiger partial charge in [-0.3, -0.25) is 14.7 Å². The molecule has 1 saturated heterocycles. The first-order chi connectivity index (χ1) is 17.0. The molecule has 2 N–H and O–H groups in total. The Morgan fingerprint density at radius 1 is 1.37 bits per heavy atom. The maximum Gasteiger partial charge on any atom is 0.338 e. The van der Waals surface area contributed by atoms with Crippen LogP contribution >= 0.6 is 11.3 Å². The second-order valence-corrected chi connectivity index (χ2v) is 9.03. The third-order valence-corrected chi connectivity index (χ3v) is 6.52. The van der Waals surface area contributed by atoms with Crippen molar-refractivity contribution >= 4 is 29.1 Å². The van der Waals surface area contributed by atoms with Crippen molar-refractivity contribution in [2.24, 2.45) is 4.99 Å². The first kappa shape index (κ1) is 25.0. The number of hydrogen-bond donors (Lipinski definition) is 2. The lowest BCUT2D eigenvalue weighted by atomic mass is 9.94. The number of aromatic nitrogens is 1. The van der Waals surface area contributed by atoms with Crippen LogP contribution in [0, 0.1) is 5.82 Å². The number of halogens is 1. The number of rotatable bonds is 9. The number of esters is 1. The molecule has 0 bridgehead atoms. The Hall–Kier alpha value is -3.15. The van der Waals surface area contributed by atoms with Gasteiger partial charge in [0.05, 0.1) is 24.9 Å². The number of ether oxygens (including phenoxy) is 2. The zero-order chi connectivity index (χ0) is 24.8. The van der Waals surface area contributed by atoms with Crippen molar-refractivity contribution in [2.75, 3.05) is 32.8 Å². The molecule has 0 saturated carbocycles. The minimum Gasteiger partial charge on any atom is -0.481 e. The zero-order valence-electron chi connectivity index (χ0n) is 19.3. The smallest absolute Gasteiger partial charge is 0.338 e. The highest BCUT2D eigenvalue weighted by atomic mass is 32.1. The average molecular weight is 503 g/mol. The predicted octanol–water partition coefficient (Wildman–Crippen LogP) is 2.76. The topological polar surface area (TPSA) is 113 Å². The van der Waals surface area contributed by atoms with Gasteiger partial charge in [-0.2, -0.15) is 0 Å². The molecule has 3 heterocycles. The molecule has 1 aromatic heterocycles. The lowest BCUT2D eigenvalue weighted by Gasteiger charge is -2.35. The van der Waals surface area contributed by atoms with Gasteiger partial charge in [-0.15, -0.1) is 11.3 Å². The molecule has 2 atom stereocenters. The zero-order valence-corrected chi connectivity index (χ0v) is 20.1. The number of aliphatic imine (C=N–C) groups is 1. The summed E-state index contributed by atoms with van der Waals surface area (Å²) in [6.07, 6.45) is 1.84. The Labute approximate surface area is 206 Å². The van der Waals surface area contributed by atoms with Crippen LogP contribution in [0.5, 0.6) is 0 Å². The summed E-state index contributed by atoms with van der Waals surface area (Å²) >= 11 is 1.38. The van der Waals surface area contributed by atoms with Crippen molar-refractivity contribution in [1.82, 2.24) is 15.2 Å². The molecule has 1 fully saturated rings. The van der Waals surface area contributed by atoms with Gasteiger partial charge in [0.15, 0.2) is 10.8 Å². The molecule has 0 spiro atoms. The lowest BCUT2D eigenvalue weighted by molar-refractivity contribution is -0.139. The van der Waals surface area contributed by atoms with Gasteiger partial charge in [-0.1, -0.05) is 18.2 Å². The molecule has 0 radical (unpaired) electrons.